The van der Waals surface area contributed by atoms with Crippen molar-refractivity contribution in [2.24, 2.45) is 5.11 Å². The van der Waals surface area contributed by atoms with Crippen LogP contribution in [0.4, 0.5) is 0 Å². The van der Waals surface area contributed by atoms with E-state index in [9.17, 15) is 4.79 Å². The van der Waals surface area contributed by atoms with Crippen LogP contribution >= 0.6 is 0 Å². The Morgan fingerprint density at radius 3 is 2.83 bits per heavy atom. The SMILES string of the molecule is [N-]=[N+]=NCCNC(CO)C(=O)O. The Bertz CT molecular complexity index is 189. The van der Waals surface area contributed by atoms with Crippen LogP contribution < -0.4 is 5.32 Å². The van der Waals surface area contributed by atoms with Gasteiger partial charge in [-0.1, -0.05) is 5.11 Å². The van der Waals surface area contributed by atoms with Gasteiger partial charge in [0.05, 0.1) is 6.61 Å². The molecule has 7 nitrogen and oxygen atoms in total. The second kappa shape index (κ2) is 6.41. The van der Waals surface area contributed by atoms with Gasteiger partial charge in [-0.2, -0.15) is 0 Å². The second-order valence-corrected chi connectivity index (χ2v) is 1.98. The number of carbonyl (C=O) groups is 1. The Labute approximate surface area is 68.6 Å². The summed E-state index contributed by atoms with van der Waals surface area (Å²) in [5, 5.41) is 22.6. The number of aliphatic carboxylic acids is 1. The number of nitrogens with one attached hydrogen (secondary N) is 1. The summed E-state index contributed by atoms with van der Waals surface area (Å²) in [4.78, 5) is 12.7. The van der Waals surface area contributed by atoms with E-state index in [0.717, 1.165) is 0 Å². The molecule has 3 N–H and O–H groups in total. The molecule has 0 aromatic rings. The van der Waals surface area contributed by atoms with Gasteiger partial charge < -0.3 is 15.5 Å². The second-order valence-electron chi connectivity index (χ2n) is 1.98. The Balaban J connectivity index is 3.58. The third-order valence-electron chi connectivity index (χ3n) is 1.15. The number of aliphatic hydroxyl groups excluding tert-OH is 1. The summed E-state index contributed by atoms with van der Waals surface area (Å²) in [6.45, 7) is -0.0759. The van der Waals surface area contributed by atoms with Crippen LogP contribution in [0.2, 0.25) is 0 Å². The van der Waals surface area contributed by atoms with Gasteiger partial charge in [0, 0.05) is 18.0 Å². The van der Waals surface area contributed by atoms with Crippen molar-refractivity contribution in [3.63, 3.8) is 0 Å². The van der Waals surface area contributed by atoms with Crippen LogP contribution in [-0.2, 0) is 4.79 Å². The number of carboxylic acid groups (broad SMARTS) is 1. The molecule has 12 heavy (non-hydrogen) atoms. The maximum Gasteiger partial charge on any atom is 0.323 e. The van der Waals surface area contributed by atoms with Crippen LogP contribution in [-0.4, -0.2) is 41.9 Å². The van der Waals surface area contributed by atoms with E-state index in [4.69, 9.17) is 15.7 Å². The van der Waals surface area contributed by atoms with Gasteiger partial charge in [0.2, 0.25) is 0 Å². The number of rotatable bonds is 6. The van der Waals surface area contributed by atoms with Crippen LogP contribution in [0.3, 0.4) is 0 Å². The Morgan fingerprint density at radius 2 is 2.42 bits per heavy atom. The first-order valence-corrected chi connectivity index (χ1v) is 3.30. The van der Waals surface area contributed by atoms with Gasteiger partial charge in [-0.3, -0.25) is 4.79 Å². The van der Waals surface area contributed by atoms with Crippen LogP contribution in [0.15, 0.2) is 5.11 Å². The predicted molar refractivity (Wildman–Crippen MR) is 40.5 cm³/mol. The fraction of sp³-hybridized carbons (Fsp3) is 0.800. The maximum absolute atomic E-state index is 10.3. The molecule has 0 fully saturated rings. The lowest BCUT2D eigenvalue weighted by molar-refractivity contribution is -0.140. The number of hydrogen-bond donors (Lipinski definition) is 3. The molecule has 0 saturated heterocycles. The van der Waals surface area contributed by atoms with Crippen molar-refractivity contribution >= 4 is 5.97 Å². The summed E-state index contributed by atoms with van der Waals surface area (Å²) in [5.74, 6) is -1.13. The third-order valence-corrected chi connectivity index (χ3v) is 1.15. The number of aliphatic hydroxyl groups is 1. The standard InChI is InChI=1S/C5H10N4O3/c6-9-8-2-1-7-4(3-10)5(11)12/h4,7,10H,1-3H2,(H,11,12). The molecule has 1 unspecified atom stereocenters. The molecule has 0 amide bonds. The minimum Gasteiger partial charge on any atom is -0.480 e. The van der Waals surface area contributed by atoms with Gasteiger partial charge in [-0.25, -0.2) is 0 Å². The van der Waals surface area contributed by atoms with Crippen molar-refractivity contribution < 1.29 is 15.0 Å². The minimum atomic E-state index is -1.13. The van der Waals surface area contributed by atoms with Gasteiger partial charge >= 0.3 is 5.97 Å². The normalized spacial score (nSPS) is 11.8. The molecule has 0 aliphatic rings. The fourth-order valence-corrected chi connectivity index (χ4v) is 0.563. The lowest BCUT2D eigenvalue weighted by atomic mass is 10.3. The summed E-state index contributed by atoms with van der Waals surface area (Å²) in [6.07, 6.45) is 0. The van der Waals surface area contributed by atoms with E-state index in [1.165, 1.54) is 0 Å². The summed E-state index contributed by atoms with van der Waals surface area (Å²) in [5.41, 5.74) is 7.86. The van der Waals surface area contributed by atoms with Crippen molar-refractivity contribution in [2.45, 2.75) is 6.04 Å². The predicted octanol–water partition coefficient (Wildman–Crippen LogP) is -0.668. The lowest BCUT2D eigenvalue weighted by Gasteiger charge is -2.09. The van der Waals surface area contributed by atoms with Crippen molar-refractivity contribution in [2.75, 3.05) is 19.7 Å². The minimum absolute atomic E-state index is 0.167. The van der Waals surface area contributed by atoms with E-state index >= 15 is 0 Å². The van der Waals surface area contributed by atoms with Gasteiger partial charge in [0.15, 0.2) is 0 Å². The highest BCUT2D eigenvalue weighted by Gasteiger charge is 2.13. The van der Waals surface area contributed by atoms with Crippen molar-refractivity contribution in [1.82, 2.24) is 5.32 Å². The lowest BCUT2D eigenvalue weighted by Crippen LogP contribution is -2.40. The molecule has 0 saturated carbocycles. The summed E-state index contributed by atoms with van der Waals surface area (Å²) in [7, 11) is 0. The highest BCUT2D eigenvalue weighted by Crippen LogP contribution is 1.81. The third kappa shape index (κ3) is 4.51. The number of carboxylic acids is 1. The van der Waals surface area contributed by atoms with Gasteiger partial charge in [0.25, 0.3) is 0 Å². The first kappa shape index (κ1) is 10.7. The molecule has 0 aromatic carbocycles. The van der Waals surface area contributed by atoms with Crippen molar-refractivity contribution in [3.8, 4) is 0 Å². The van der Waals surface area contributed by atoms with E-state index in [1.54, 1.807) is 0 Å². The molecule has 0 aromatic heterocycles. The molecular weight excluding hydrogens is 164 g/mol. The molecule has 7 heteroatoms. The van der Waals surface area contributed by atoms with Gasteiger partial charge in [0.1, 0.15) is 6.04 Å². The van der Waals surface area contributed by atoms with Gasteiger partial charge in [-0.05, 0) is 5.53 Å². The van der Waals surface area contributed by atoms with Crippen LogP contribution in [0.1, 0.15) is 0 Å². The molecule has 1 atom stereocenters. The Hall–Kier alpha value is -1.30. The molecule has 0 heterocycles. The zero-order chi connectivity index (χ0) is 9.40. The summed E-state index contributed by atoms with van der Waals surface area (Å²) in [6, 6.07) is -0.987. The molecule has 0 aliphatic carbocycles. The molecule has 0 bridgehead atoms. The van der Waals surface area contributed by atoms with Crippen LogP contribution in [0.25, 0.3) is 10.4 Å². The first-order valence-electron chi connectivity index (χ1n) is 3.30. The first-order chi connectivity index (χ1) is 5.72. The highest BCUT2D eigenvalue weighted by molar-refractivity contribution is 5.73. The quantitative estimate of drug-likeness (QED) is 0.214. The highest BCUT2D eigenvalue weighted by atomic mass is 16.4. The topological polar surface area (TPSA) is 118 Å². The molecule has 0 rings (SSSR count). The number of azide groups is 1. The van der Waals surface area contributed by atoms with Crippen LogP contribution in [0.5, 0.6) is 0 Å². The fourth-order valence-electron chi connectivity index (χ4n) is 0.563. The Morgan fingerprint density at radius 1 is 1.75 bits per heavy atom. The average molecular weight is 174 g/mol. The molecule has 68 valence electrons. The monoisotopic (exact) mass is 174 g/mol. The number of nitrogens with zero attached hydrogens (tertiary/aromatic N) is 3. The maximum atomic E-state index is 10.3. The molecule has 0 aliphatic heterocycles. The summed E-state index contributed by atoms with van der Waals surface area (Å²) < 4.78 is 0. The van der Waals surface area contributed by atoms with E-state index in [0.29, 0.717) is 0 Å². The average Bonchev–Trinajstić information content (AvgIpc) is 2.04. The van der Waals surface area contributed by atoms with E-state index < -0.39 is 18.6 Å². The van der Waals surface area contributed by atoms with E-state index in [1.807, 2.05) is 0 Å². The zero-order valence-electron chi connectivity index (χ0n) is 6.34. The summed E-state index contributed by atoms with van der Waals surface area (Å²) >= 11 is 0. The van der Waals surface area contributed by atoms with Crippen molar-refractivity contribution in [1.29, 1.82) is 0 Å². The van der Waals surface area contributed by atoms with Crippen molar-refractivity contribution in [3.05, 3.63) is 10.4 Å². The smallest absolute Gasteiger partial charge is 0.323 e. The molecule has 0 spiro atoms. The van der Waals surface area contributed by atoms with Crippen LogP contribution in [0, 0.1) is 0 Å². The Kier molecular flexibility index (Phi) is 5.72. The number of hydrogen-bond acceptors (Lipinski definition) is 4. The van der Waals surface area contributed by atoms with E-state index in [2.05, 4.69) is 15.3 Å². The molecule has 0 radical (unpaired) electrons. The van der Waals surface area contributed by atoms with E-state index in [-0.39, 0.29) is 13.1 Å². The zero-order valence-corrected chi connectivity index (χ0v) is 6.34. The van der Waals surface area contributed by atoms with Gasteiger partial charge in [-0.15, -0.1) is 0 Å². The largest absolute Gasteiger partial charge is 0.480 e. The molecular formula is C5H10N4O3.